The first-order valence-corrected chi connectivity index (χ1v) is 10.5. The number of esters is 3. The summed E-state index contributed by atoms with van der Waals surface area (Å²) in [5.41, 5.74) is 0.525. The highest BCUT2D eigenvalue weighted by molar-refractivity contribution is 7.22. The number of aromatic nitrogens is 1. The van der Waals surface area contributed by atoms with Gasteiger partial charge in [0.2, 0.25) is 5.75 Å². The highest BCUT2D eigenvalue weighted by Gasteiger charge is 2.23. The van der Waals surface area contributed by atoms with Crippen molar-refractivity contribution in [1.82, 2.24) is 4.98 Å². The normalized spacial score (nSPS) is 10.4. The number of carbonyl (C=O) groups excluding carboxylic acids is 4. The molecule has 0 aliphatic rings. The van der Waals surface area contributed by atoms with Crippen LogP contribution in [0.1, 0.15) is 31.1 Å². The fraction of sp³-hybridized carbons (Fsp3) is 0.227. The van der Waals surface area contributed by atoms with Crippen molar-refractivity contribution in [2.24, 2.45) is 0 Å². The number of nitrogens with zero attached hydrogens (tertiary/aromatic N) is 1. The predicted octanol–water partition coefficient (Wildman–Crippen LogP) is 3.34. The third-order valence-corrected chi connectivity index (χ3v) is 5.14. The minimum atomic E-state index is -0.752. The maximum atomic E-state index is 13.0. The van der Waals surface area contributed by atoms with Gasteiger partial charge in [-0.1, -0.05) is 11.3 Å². The van der Waals surface area contributed by atoms with Crippen molar-refractivity contribution in [2.75, 3.05) is 19.5 Å². The molecule has 1 aromatic heterocycles. The number of benzene rings is 2. The standard InChI is InChI=1S/C22H20N2O9S/c1-10(25)31-16-8-13(9-17(32-11(2)26)18(16)33-12(3)27)21(28)24-22-23-14-6-7-15(29-4)19(30-5)20(14)34-22/h6-9H,1-5H3,(H,23,24,28). The molecule has 1 heterocycles. The second-order valence-electron chi connectivity index (χ2n) is 6.71. The van der Waals surface area contributed by atoms with Crippen molar-refractivity contribution >= 4 is 50.5 Å². The van der Waals surface area contributed by atoms with E-state index < -0.39 is 23.8 Å². The summed E-state index contributed by atoms with van der Waals surface area (Å²) in [5.74, 6) is -2.78. The molecule has 1 amide bonds. The molecule has 0 atom stereocenters. The van der Waals surface area contributed by atoms with Crippen LogP contribution in [0.5, 0.6) is 28.7 Å². The molecule has 3 rings (SSSR count). The van der Waals surface area contributed by atoms with E-state index in [2.05, 4.69) is 10.3 Å². The van der Waals surface area contributed by atoms with Crippen LogP contribution in [-0.4, -0.2) is 43.0 Å². The Hall–Kier alpha value is -4.19. The summed E-state index contributed by atoms with van der Waals surface area (Å²) in [6.45, 7) is 3.36. The average molecular weight is 488 g/mol. The van der Waals surface area contributed by atoms with Gasteiger partial charge in [-0.15, -0.1) is 0 Å². The lowest BCUT2D eigenvalue weighted by atomic mass is 10.1. The number of thiazole rings is 1. The second-order valence-corrected chi connectivity index (χ2v) is 7.70. The lowest BCUT2D eigenvalue weighted by molar-refractivity contribution is -0.135. The van der Waals surface area contributed by atoms with E-state index in [1.54, 1.807) is 12.1 Å². The zero-order valence-electron chi connectivity index (χ0n) is 18.8. The van der Waals surface area contributed by atoms with Gasteiger partial charge in [0, 0.05) is 26.3 Å². The molecule has 2 aromatic carbocycles. The maximum absolute atomic E-state index is 13.0. The third kappa shape index (κ3) is 5.41. The predicted molar refractivity (Wildman–Crippen MR) is 121 cm³/mol. The first-order chi connectivity index (χ1) is 16.1. The van der Waals surface area contributed by atoms with Crippen molar-refractivity contribution < 1.29 is 42.9 Å². The van der Waals surface area contributed by atoms with E-state index in [-0.39, 0.29) is 27.9 Å². The van der Waals surface area contributed by atoms with E-state index in [1.165, 1.54) is 26.4 Å². The van der Waals surface area contributed by atoms with Crippen LogP contribution in [0.2, 0.25) is 0 Å². The molecule has 11 nitrogen and oxygen atoms in total. The Morgan fingerprint density at radius 1 is 0.794 bits per heavy atom. The van der Waals surface area contributed by atoms with Crippen LogP contribution >= 0.6 is 11.3 Å². The van der Waals surface area contributed by atoms with Gasteiger partial charge >= 0.3 is 17.9 Å². The molecule has 1 N–H and O–H groups in total. The van der Waals surface area contributed by atoms with Gasteiger partial charge in [0.1, 0.15) is 4.70 Å². The summed E-state index contributed by atoms with van der Waals surface area (Å²) in [5, 5.41) is 2.89. The molecule has 0 spiro atoms. The van der Waals surface area contributed by atoms with Crippen molar-refractivity contribution in [3.05, 3.63) is 29.8 Å². The van der Waals surface area contributed by atoms with Gasteiger partial charge in [-0.2, -0.15) is 0 Å². The quantitative estimate of drug-likeness (QED) is 0.389. The van der Waals surface area contributed by atoms with Crippen LogP contribution in [0, 0.1) is 0 Å². The highest BCUT2D eigenvalue weighted by atomic mass is 32.1. The number of rotatable bonds is 7. The number of hydrogen-bond donors (Lipinski definition) is 1. The SMILES string of the molecule is COc1ccc2nc(NC(=O)c3cc(OC(C)=O)c(OC(C)=O)c(OC(C)=O)c3)sc2c1OC. The summed E-state index contributed by atoms with van der Waals surface area (Å²) in [4.78, 5) is 52.0. The summed E-state index contributed by atoms with van der Waals surface area (Å²) < 4.78 is 26.6. The Labute approximate surface area is 197 Å². The number of ether oxygens (including phenoxy) is 5. The number of carbonyl (C=O) groups is 4. The van der Waals surface area contributed by atoms with Crippen LogP contribution < -0.4 is 29.0 Å². The van der Waals surface area contributed by atoms with E-state index in [9.17, 15) is 19.2 Å². The highest BCUT2D eigenvalue weighted by Crippen LogP contribution is 2.41. The van der Waals surface area contributed by atoms with Crippen LogP contribution in [-0.2, 0) is 14.4 Å². The number of fused-ring (bicyclic) bond motifs is 1. The molecule has 0 aliphatic carbocycles. The van der Waals surface area contributed by atoms with Crippen LogP contribution in [0.4, 0.5) is 5.13 Å². The molecule has 0 fully saturated rings. The largest absolute Gasteiger partial charge is 0.493 e. The summed E-state index contributed by atoms with van der Waals surface area (Å²) in [7, 11) is 3.00. The first kappa shape index (κ1) is 24.5. The summed E-state index contributed by atoms with van der Waals surface area (Å²) in [6, 6.07) is 5.77. The van der Waals surface area contributed by atoms with Gasteiger partial charge in [0.05, 0.1) is 19.7 Å². The van der Waals surface area contributed by atoms with Gasteiger partial charge in [0.15, 0.2) is 28.1 Å². The minimum Gasteiger partial charge on any atom is -0.493 e. The molecule has 0 radical (unpaired) electrons. The Balaban J connectivity index is 2.02. The van der Waals surface area contributed by atoms with Gasteiger partial charge < -0.3 is 23.7 Å². The second kappa shape index (κ2) is 10.2. The fourth-order valence-corrected chi connectivity index (χ4v) is 3.92. The average Bonchev–Trinajstić information content (AvgIpc) is 3.16. The Morgan fingerprint density at radius 2 is 1.38 bits per heavy atom. The molecule has 0 saturated carbocycles. The summed E-state index contributed by atoms with van der Waals surface area (Å²) in [6.07, 6.45) is 0. The smallest absolute Gasteiger partial charge is 0.308 e. The third-order valence-electron chi connectivity index (χ3n) is 4.16. The van der Waals surface area contributed by atoms with Crippen LogP contribution in [0.3, 0.4) is 0 Å². The zero-order valence-corrected chi connectivity index (χ0v) is 19.7. The van der Waals surface area contributed by atoms with Crippen LogP contribution in [0.15, 0.2) is 24.3 Å². The molecule has 0 unspecified atom stereocenters. The number of amides is 1. The topological polar surface area (TPSA) is 139 Å². The minimum absolute atomic E-state index is 0.0489. The molecule has 0 saturated heterocycles. The van der Waals surface area contributed by atoms with Gasteiger partial charge in [-0.3, -0.25) is 24.5 Å². The Morgan fingerprint density at radius 3 is 1.88 bits per heavy atom. The molecule has 12 heteroatoms. The lowest BCUT2D eigenvalue weighted by Gasteiger charge is -2.14. The van der Waals surface area contributed by atoms with Crippen molar-refractivity contribution in [3.63, 3.8) is 0 Å². The number of methoxy groups -OCH3 is 2. The molecule has 0 aliphatic heterocycles. The van der Waals surface area contributed by atoms with E-state index in [1.807, 2.05) is 0 Å². The number of hydrogen-bond acceptors (Lipinski definition) is 11. The van der Waals surface area contributed by atoms with Crippen LogP contribution in [0.25, 0.3) is 10.2 Å². The van der Waals surface area contributed by atoms with E-state index in [0.29, 0.717) is 21.7 Å². The maximum Gasteiger partial charge on any atom is 0.308 e. The van der Waals surface area contributed by atoms with Crippen molar-refractivity contribution in [2.45, 2.75) is 20.8 Å². The lowest BCUT2D eigenvalue weighted by Crippen LogP contribution is -2.15. The molecule has 34 heavy (non-hydrogen) atoms. The zero-order chi connectivity index (χ0) is 25.0. The summed E-state index contributed by atoms with van der Waals surface area (Å²) >= 11 is 1.15. The van der Waals surface area contributed by atoms with Crippen molar-refractivity contribution in [3.8, 4) is 28.7 Å². The van der Waals surface area contributed by atoms with Gasteiger partial charge in [-0.25, -0.2) is 4.98 Å². The Kier molecular flexibility index (Phi) is 7.31. The van der Waals surface area contributed by atoms with E-state index >= 15 is 0 Å². The van der Waals surface area contributed by atoms with Crippen molar-refractivity contribution in [1.29, 1.82) is 0 Å². The fourth-order valence-electron chi connectivity index (χ4n) is 2.94. The molecule has 0 bridgehead atoms. The molecule has 178 valence electrons. The van der Waals surface area contributed by atoms with Gasteiger partial charge in [0.25, 0.3) is 5.91 Å². The molecule has 3 aromatic rings. The van der Waals surface area contributed by atoms with Gasteiger partial charge in [-0.05, 0) is 24.3 Å². The van der Waals surface area contributed by atoms with E-state index in [4.69, 9.17) is 23.7 Å². The first-order valence-electron chi connectivity index (χ1n) is 9.69. The van der Waals surface area contributed by atoms with E-state index in [0.717, 1.165) is 32.1 Å². The number of anilines is 1. The number of nitrogens with one attached hydrogen (secondary N) is 1. The molecular formula is C22H20N2O9S. The molecular weight excluding hydrogens is 468 g/mol. The Bertz CT molecular complexity index is 1260. The monoisotopic (exact) mass is 488 g/mol.